The van der Waals surface area contributed by atoms with Gasteiger partial charge in [-0.15, -0.1) is 0 Å². The lowest BCUT2D eigenvalue weighted by Crippen LogP contribution is -2.63. The second-order valence-corrected chi connectivity index (χ2v) is 8.29. The van der Waals surface area contributed by atoms with E-state index in [0.29, 0.717) is 37.3 Å². The fourth-order valence-electron chi connectivity index (χ4n) is 5.76. The SMILES string of the molecule is C[C@@H](C(=O)NC1C2CC3CC1CC(O)(C3)C2)N1CC[C@@H](F)C1. The molecule has 124 valence electrons. The van der Waals surface area contributed by atoms with Gasteiger partial charge in [0.25, 0.3) is 0 Å². The minimum atomic E-state index is -0.786. The van der Waals surface area contributed by atoms with Crippen molar-refractivity contribution in [3.8, 4) is 0 Å². The van der Waals surface area contributed by atoms with E-state index >= 15 is 0 Å². The summed E-state index contributed by atoms with van der Waals surface area (Å²) in [5, 5.41) is 13.9. The summed E-state index contributed by atoms with van der Waals surface area (Å²) in [5.41, 5.74) is -0.459. The van der Waals surface area contributed by atoms with Gasteiger partial charge in [0, 0.05) is 19.1 Å². The number of hydrogen-bond acceptors (Lipinski definition) is 3. The van der Waals surface area contributed by atoms with E-state index in [4.69, 9.17) is 0 Å². The van der Waals surface area contributed by atoms with Crippen LogP contribution in [0.5, 0.6) is 0 Å². The number of amides is 1. The standard InChI is InChI=1S/C17H27FN2O2/c1-10(20-3-2-14(18)9-20)16(21)19-15-12-4-11-5-13(15)8-17(22,6-11)7-12/h10-15,22H,2-9H2,1H3,(H,19,21)/t10-,11?,12?,13?,14+,15?,17?/m0/s1. The largest absolute Gasteiger partial charge is 0.390 e. The molecule has 22 heavy (non-hydrogen) atoms. The third kappa shape index (κ3) is 2.46. The van der Waals surface area contributed by atoms with Crippen LogP contribution in [-0.2, 0) is 4.79 Å². The van der Waals surface area contributed by atoms with E-state index in [9.17, 15) is 14.3 Å². The molecule has 0 spiro atoms. The fraction of sp³-hybridized carbons (Fsp3) is 0.941. The van der Waals surface area contributed by atoms with Gasteiger partial charge in [-0.25, -0.2) is 4.39 Å². The number of rotatable bonds is 3. The van der Waals surface area contributed by atoms with E-state index in [0.717, 1.165) is 32.1 Å². The monoisotopic (exact) mass is 310 g/mol. The second-order valence-electron chi connectivity index (χ2n) is 8.29. The van der Waals surface area contributed by atoms with Crippen LogP contribution in [-0.4, -0.2) is 52.9 Å². The van der Waals surface area contributed by atoms with Gasteiger partial charge < -0.3 is 10.4 Å². The number of halogens is 1. The average molecular weight is 310 g/mol. The number of nitrogens with zero attached hydrogens (tertiary/aromatic N) is 1. The van der Waals surface area contributed by atoms with Crippen molar-refractivity contribution in [2.45, 2.75) is 69.3 Å². The summed E-state index contributed by atoms with van der Waals surface area (Å²) in [5.74, 6) is 1.55. The molecule has 1 amide bonds. The lowest BCUT2D eigenvalue weighted by atomic mass is 9.52. The molecule has 1 aliphatic heterocycles. The van der Waals surface area contributed by atoms with Crippen LogP contribution in [0.25, 0.3) is 0 Å². The van der Waals surface area contributed by atoms with Gasteiger partial charge >= 0.3 is 0 Å². The number of aliphatic hydroxyl groups is 1. The topological polar surface area (TPSA) is 52.6 Å². The van der Waals surface area contributed by atoms with Gasteiger partial charge in [0.05, 0.1) is 11.6 Å². The Morgan fingerprint density at radius 1 is 1.32 bits per heavy atom. The molecule has 1 saturated heterocycles. The highest BCUT2D eigenvalue weighted by atomic mass is 19.1. The normalized spacial score (nSPS) is 48.6. The molecule has 0 radical (unpaired) electrons. The molecule has 1 heterocycles. The Hall–Kier alpha value is -0.680. The van der Waals surface area contributed by atoms with E-state index in [2.05, 4.69) is 5.32 Å². The van der Waals surface area contributed by atoms with Gasteiger partial charge in [0.2, 0.25) is 5.91 Å². The lowest BCUT2D eigenvalue weighted by Gasteiger charge is -2.58. The molecule has 5 aliphatic rings. The molecule has 0 aromatic heterocycles. The lowest BCUT2D eigenvalue weighted by molar-refractivity contribution is -0.148. The van der Waals surface area contributed by atoms with E-state index in [1.165, 1.54) is 0 Å². The van der Waals surface area contributed by atoms with E-state index in [1.807, 2.05) is 11.8 Å². The number of likely N-dealkylation sites (tertiary alicyclic amines) is 1. The molecule has 2 unspecified atom stereocenters. The van der Waals surface area contributed by atoms with Crippen molar-refractivity contribution in [2.75, 3.05) is 13.1 Å². The van der Waals surface area contributed by atoms with Crippen LogP contribution < -0.4 is 5.32 Å². The minimum absolute atomic E-state index is 0.0403. The summed E-state index contributed by atoms with van der Waals surface area (Å²) in [6.07, 6.45) is 4.70. The Bertz CT molecular complexity index is 456. The Morgan fingerprint density at radius 2 is 2.00 bits per heavy atom. The predicted octanol–water partition coefficient (Wildman–Crippen LogP) is 1.47. The first-order valence-electron chi connectivity index (χ1n) is 8.84. The first-order chi connectivity index (χ1) is 10.4. The second kappa shape index (κ2) is 5.17. The van der Waals surface area contributed by atoms with Crippen molar-refractivity contribution >= 4 is 5.91 Å². The van der Waals surface area contributed by atoms with E-state index in [-0.39, 0.29) is 18.0 Å². The Morgan fingerprint density at radius 3 is 2.55 bits per heavy atom. The summed E-state index contributed by atoms with van der Waals surface area (Å²) in [7, 11) is 0. The summed E-state index contributed by atoms with van der Waals surface area (Å²) in [4.78, 5) is 14.5. The Kier molecular flexibility index (Phi) is 3.49. The van der Waals surface area contributed by atoms with Gasteiger partial charge in [-0.3, -0.25) is 9.69 Å². The molecule has 0 aromatic rings. The molecule has 5 fully saturated rings. The Balaban J connectivity index is 1.40. The first-order valence-corrected chi connectivity index (χ1v) is 8.84. The molecule has 4 nitrogen and oxygen atoms in total. The van der Waals surface area contributed by atoms with Crippen molar-refractivity contribution in [3.05, 3.63) is 0 Å². The highest BCUT2D eigenvalue weighted by Gasteiger charge is 2.55. The van der Waals surface area contributed by atoms with Crippen LogP contribution in [0.4, 0.5) is 4.39 Å². The summed E-state index contributed by atoms with van der Waals surface area (Å²) < 4.78 is 13.3. The zero-order valence-electron chi connectivity index (χ0n) is 13.3. The molecule has 4 atom stereocenters. The highest BCUT2D eigenvalue weighted by Crippen LogP contribution is 2.55. The maximum atomic E-state index is 13.3. The molecule has 4 bridgehead atoms. The molecular formula is C17H27FN2O2. The van der Waals surface area contributed by atoms with Crippen LogP contribution in [0, 0.1) is 17.8 Å². The molecule has 5 rings (SSSR count). The van der Waals surface area contributed by atoms with Gasteiger partial charge in [-0.2, -0.15) is 0 Å². The number of carbonyl (C=O) groups is 1. The molecule has 4 saturated carbocycles. The number of hydrogen-bond donors (Lipinski definition) is 2. The maximum absolute atomic E-state index is 13.3. The van der Waals surface area contributed by atoms with Crippen LogP contribution >= 0.6 is 0 Å². The maximum Gasteiger partial charge on any atom is 0.237 e. The van der Waals surface area contributed by atoms with Gasteiger partial charge in [-0.05, 0) is 63.2 Å². The van der Waals surface area contributed by atoms with E-state index < -0.39 is 11.8 Å². The summed E-state index contributed by atoms with van der Waals surface area (Å²) in [6, 6.07) is -0.0309. The third-order valence-corrected chi connectivity index (χ3v) is 6.64. The number of carbonyl (C=O) groups excluding carboxylic acids is 1. The van der Waals surface area contributed by atoms with Crippen molar-refractivity contribution in [3.63, 3.8) is 0 Å². The minimum Gasteiger partial charge on any atom is -0.390 e. The van der Waals surface area contributed by atoms with Gasteiger partial charge in [0.15, 0.2) is 0 Å². The van der Waals surface area contributed by atoms with Crippen molar-refractivity contribution in [1.82, 2.24) is 10.2 Å². The quantitative estimate of drug-likeness (QED) is 0.830. The average Bonchev–Trinajstić information content (AvgIpc) is 2.86. The predicted molar refractivity (Wildman–Crippen MR) is 81.0 cm³/mol. The summed E-state index contributed by atoms with van der Waals surface area (Å²) >= 11 is 0. The van der Waals surface area contributed by atoms with Crippen LogP contribution in [0.2, 0.25) is 0 Å². The van der Waals surface area contributed by atoms with Gasteiger partial charge in [0.1, 0.15) is 6.17 Å². The first kappa shape index (κ1) is 14.9. The molecular weight excluding hydrogens is 283 g/mol. The van der Waals surface area contributed by atoms with Crippen LogP contribution in [0.1, 0.15) is 45.4 Å². The van der Waals surface area contributed by atoms with E-state index in [1.54, 1.807) is 0 Å². The van der Waals surface area contributed by atoms with Crippen LogP contribution in [0.3, 0.4) is 0 Å². The summed E-state index contributed by atoms with van der Waals surface area (Å²) in [6.45, 7) is 2.94. The van der Waals surface area contributed by atoms with Crippen molar-refractivity contribution in [1.29, 1.82) is 0 Å². The molecule has 4 aliphatic carbocycles. The van der Waals surface area contributed by atoms with Gasteiger partial charge in [-0.1, -0.05) is 0 Å². The zero-order valence-corrected chi connectivity index (χ0v) is 13.3. The number of alkyl halides is 1. The molecule has 5 heteroatoms. The smallest absolute Gasteiger partial charge is 0.237 e. The number of nitrogens with one attached hydrogen (secondary N) is 1. The molecule has 2 N–H and O–H groups in total. The van der Waals surface area contributed by atoms with Crippen molar-refractivity contribution in [2.24, 2.45) is 17.8 Å². The van der Waals surface area contributed by atoms with Crippen LogP contribution in [0.15, 0.2) is 0 Å². The Labute approximate surface area is 131 Å². The fourth-order valence-corrected chi connectivity index (χ4v) is 5.76. The molecule has 0 aromatic carbocycles. The highest BCUT2D eigenvalue weighted by molar-refractivity contribution is 5.81. The zero-order chi connectivity index (χ0) is 15.5. The third-order valence-electron chi connectivity index (χ3n) is 6.64. The van der Waals surface area contributed by atoms with Crippen molar-refractivity contribution < 1.29 is 14.3 Å².